The molecule has 0 N–H and O–H groups in total. The summed E-state index contributed by atoms with van der Waals surface area (Å²) in [5, 5.41) is 11.8. The van der Waals surface area contributed by atoms with E-state index in [2.05, 4.69) is 74.6 Å². The molecule has 0 aliphatic carbocycles. The number of likely N-dealkylation sites (N-methyl/N-ethyl adjacent to an activating group) is 1. The first-order valence-corrected chi connectivity index (χ1v) is 33.9. The maximum Gasteiger partial charge on any atom is 0.306 e. The largest absolute Gasteiger partial charge is 0.545 e. The molecule has 0 aliphatic heterocycles. The van der Waals surface area contributed by atoms with Crippen LogP contribution in [0, 0.1) is 0 Å². The van der Waals surface area contributed by atoms with Crippen molar-refractivity contribution in [2.45, 2.75) is 328 Å². The number of carboxylic acid groups (broad SMARTS) is 1. The number of hydrogen-bond donors (Lipinski definition) is 0. The van der Waals surface area contributed by atoms with Crippen molar-refractivity contribution < 1.29 is 42.9 Å². The van der Waals surface area contributed by atoms with Crippen molar-refractivity contribution in [3.05, 3.63) is 60.8 Å². The molecule has 0 amide bonds. The van der Waals surface area contributed by atoms with Crippen molar-refractivity contribution in [1.29, 1.82) is 0 Å². The number of carboxylic acids is 1. The maximum atomic E-state index is 12.9. The normalized spacial score (nSPS) is 13.1. The van der Waals surface area contributed by atoms with E-state index in [1.165, 1.54) is 218 Å². The van der Waals surface area contributed by atoms with Crippen LogP contribution in [-0.4, -0.2) is 82.3 Å². The summed E-state index contributed by atoms with van der Waals surface area (Å²) in [6.07, 6.45) is 77.2. The number of hydrogen-bond acceptors (Lipinski definition) is 8. The number of esters is 2. The van der Waals surface area contributed by atoms with Crippen molar-refractivity contribution in [1.82, 2.24) is 0 Å². The summed E-state index contributed by atoms with van der Waals surface area (Å²) in [5.74, 6) is -2.26. The number of aliphatic carboxylic acids is 1. The number of carbonyl (C=O) groups excluding carboxylic acids is 3. The molecular weight excluding hydrogens is 995 g/mol. The maximum absolute atomic E-state index is 12.9. The number of ether oxygens (including phenoxy) is 4. The molecule has 2 unspecified atom stereocenters. The fourth-order valence-corrected chi connectivity index (χ4v) is 9.86. The molecule has 0 radical (unpaired) electrons. The zero-order chi connectivity index (χ0) is 58.3. The molecule has 0 aromatic carbocycles. The molecule has 0 saturated heterocycles. The highest BCUT2D eigenvalue weighted by Crippen LogP contribution is 2.18. The Morgan fingerprint density at radius 3 is 1.06 bits per heavy atom. The molecule has 0 bridgehead atoms. The van der Waals surface area contributed by atoms with Gasteiger partial charge in [-0.15, -0.1) is 0 Å². The van der Waals surface area contributed by atoms with Gasteiger partial charge in [-0.2, -0.15) is 0 Å². The first-order chi connectivity index (χ1) is 39.1. The second-order valence-electron chi connectivity index (χ2n) is 24.1. The number of rotatable bonds is 63. The third kappa shape index (κ3) is 62.6. The minimum Gasteiger partial charge on any atom is -0.545 e. The summed E-state index contributed by atoms with van der Waals surface area (Å²) in [7, 11) is 5.94. The Hall–Kier alpha value is -3.01. The minimum absolute atomic E-state index is 0.149. The van der Waals surface area contributed by atoms with Gasteiger partial charge in [-0.25, -0.2) is 0 Å². The molecular formula is C71H129NO8. The van der Waals surface area contributed by atoms with Gasteiger partial charge in [-0.05, 0) is 57.8 Å². The third-order valence-corrected chi connectivity index (χ3v) is 15.0. The van der Waals surface area contributed by atoms with Crippen molar-refractivity contribution in [2.24, 2.45) is 0 Å². The van der Waals surface area contributed by atoms with Crippen LogP contribution < -0.4 is 5.11 Å². The van der Waals surface area contributed by atoms with Gasteiger partial charge in [0.05, 0.1) is 40.3 Å². The van der Waals surface area contributed by atoms with E-state index < -0.39 is 24.3 Å². The van der Waals surface area contributed by atoms with Crippen molar-refractivity contribution >= 4 is 17.9 Å². The van der Waals surface area contributed by atoms with Crippen LogP contribution in [0.2, 0.25) is 0 Å². The fraction of sp³-hybridized carbons (Fsp3) is 0.817. The summed E-state index contributed by atoms with van der Waals surface area (Å²) in [4.78, 5) is 37.4. The molecule has 0 saturated carbocycles. The molecule has 0 aromatic rings. The van der Waals surface area contributed by atoms with Crippen LogP contribution in [0.15, 0.2) is 60.8 Å². The standard InChI is InChI=1S/C71H129NO8/c1-6-8-10-12-14-16-18-20-22-24-26-28-30-31-32-33-34-35-36-37-38-39-40-42-44-46-48-50-52-54-56-58-60-62-69(74)80-67(66-79-71(70(75)76)77-64-63-72(3,4)5)65-78-68(73)61-59-57-55-53-51-49-47-45-43-41-29-27-25-23-21-19-17-15-13-11-9-7-2/h8,10,14,16,20,22,26,28,31-32,67,71H,6-7,9,11-13,15,17-19,21,23-25,27,29-30,33-66H2,1-5H3/b10-8-,16-14-,22-20-,28-26-,32-31-. The van der Waals surface area contributed by atoms with Crippen LogP contribution in [0.4, 0.5) is 0 Å². The molecule has 0 heterocycles. The lowest BCUT2D eigenvalue weighted by Gasteiger charge is -2.26. The van der Waals surface area contributed by atoms with Gasteiger partial charge < -0.3 is 33.3 Å². The predicted molar refractivity (Wildman–Crippen MR) is 338 cm³/mol. The lowest BCUT2D eigenvalue weighted by molar-refractivity contribution is -0.870. The zero-order valence-electron chi connectivity index (χ0n) is 53.2. The number of nitrogens with zero attached hydrogens (tertiary/aromatic N) is 1. The number of carbonyl (C=O) groups is 3. The molecule has 9 heteroatoms. The van der Waals surface area contributed by atoms with Gasteiger partial charge in [0.1, 0.15) is 13.2 Å². The van der Waals surface area contributed by atoms with E-state index in [0.717, 1.165) is 64.2 Å². The molecule has 466 valence electrons. The Morgan fingerprint density at radius 2 is 0.713 bits per heavy atom. The molecule has 0 aliphatic rings. The van der Waals surface area contributed by atoms with Gasteiger partial charge in [-0.3, -0.25) is 9.59 Å². The fourth-order valence-electron chi connectivity index (χ4n) is 9.86. The summed E-state index contributed by atoms with van der Waals surface area (Å²) < 4.78 is 22.8. The van der Waals surface area contributed by atoms with E-state index in [1.54, 1.807) is 0 Å². The Morgan fingerprint density at radius 1 is 0.388 bits per heavy atom. The van der Waals surface area contributed by atoms with Gasteiger partial charge >= 0.3 is 11.9 Å². The van der Waals surface area contributed by atoms with Gasteiger partial charge in [-0.1, -0.05) is 306 Å². The van der Waals surface area contributed by atoms with Crippen LogP contribution in [0.25, 0.3) is 0 Å². The van der Waals surface area contributed by atoms with Crippen LogP contribution in [0.5, 0.6) is 0 Å². The molecule has 0 aromatic heterocycles. The van der Waals surface area contributed by atoms with Crippen molar-refractivity contribution in [3.8, 4) is 0 Å². The summed E-state index contributed by atoms with van der Waals surface area (Å²) in [6, 6.07) is 0. The second-order valence-corrected chi connectivity index (χ2v) is 24.1. The average molecular weight is 1120 g/mol. The Bertz CT molecular complexity index is 1500. The Balaban J connectivity index is 4.08. The molecule has 2 atom stereocenters. The van der Waals surface area contributed by atoms with E-state index in [-0.39, 0.29) is 32.2 Å². The lowest BCUT2D eigenvalue weighted by atomic mass is 10.0. The van der Waals surface area contributed by atoms with Gasteiger partial charge in [0.15, 0.2) is 12.4 Å². The van der Waals surface area contributed by atoms with E-state index in [4.69, 9.17) is 18.9 Å². The second kappa shape index (κ2) is 62.0. The summed E-state index contributed by atoms with van der Waals surface area (Å²) in [5.41, 5.74) is 0. The molecule has 9 nitrogen and oxygen atoms in total. The highest BCUT2D eigenvalue weighted by molar-refractivity contribution is 5.70. The van der Waals surface area contributed by atoms with E-state index in [1.807, 2.05) is 21.1 Å². The predicted octanol–water partition coefficient (Wildman–Crippen LogP) is 19.4. The van der Waals surface area contributed by atoms with Crippen LogP contribution in [0.3, 0.4) is 0 Å². The SMILES string of the molecule is CC/C=C\C/C=C\C/C=C\C/C=C\C/C=C\CCCCCCCCCCCCCCCCCCCC(=O)OC(COC(=O)CCCCCCCCCCCCCCCCCCCCCCCC)COC(OCC[N+](C)(C)C)C(=O)[O-]. The highest BCUT2D eigenvalue weighted by atomic mass is 16.7. The van der Waals surface area contributed by atoms with Gasteiger partial charge in [0.2, 0.25) is 0 Å². The van der Waals surface area contributed by atoms with E-state index >= 15 is 0 Å². The molecule has 80 heavy (non-hydrogen) atoms. The number of quaternary nitrogens is 1. The van der Waals surface area contributed by atoms with Gasteiger partial charge in [0.25, 0.3) is 0 Å². The third-order valence-electron chi connectivity index (χ3n) is 15.0. The lowest BCUT2D eigenvalue weighted by Crippen LogP contribution is -2.44. The van der Waals surface area contributed by atoms with E-state index in [9.17, 15) is 19.5 Å². The molecule has 0 rings (SSSR count). The number of allylic oxidation sites excluding steroid dienone is 10. The van der Waals surface area contributed by atoms with Crippen molar-refractivity contribution in [2.75, 3.05) is 47.5 Å². The summed E-state index contributed by atoms with van der Waals surface area (Å²) >= 11 is 0. The quantitative estimate of drug-likeness (QED) is 0.0195. The van der Waals surface area contributed by atoms with Crippen molar-refractivity contribution in [3.63, 3.8) is 0 Å². The van der Waals surface area contributed by atoms with Crippen LogP contribution >= 0.6 is 0 Å². The first-order valence-electron chi connectivity index (χ1n) is 33.9. The molecule has 0 spiro atoms. The minimum atomic E-state index is -1.62. The van der Waals surface area contributed by atoms with Gasteiger partial charge in [0, 0.05) is 12.8 Å². The monoisotopic (exact) mass is 1120 g/mol. The smallest absolute Gasteiger partial charge is 0.306 e. The average Bonchev–Trinajstić information content (AvgIpc) is 3.43. The van der Waals surface area contributed by atoms with E-state index in [0.29, 0.717) is 23.9 Å². The highest BCUT2D eigenvalue weighted by Gasteiger charge is 2.22. The topological polar surface area (TPSA) is 111 Å². The molecule has 0 fully saturated rings. The summed E-state index contributed by atoms with van der Waals surface area (Å²) in [6.45, 7) is 4.69. The Kier molecular flexibility index (Phi) is 59.7. The van der Waals surface area contributed by atoms with Crippen LogP contribution in [0.1, 0.15) is 316 Å². The first kappa shape index (κ1) is 77.0. The Labute approximate surface area is 495 Å². The zero-order valence-corrected chi connectivity index (χ0v) is 53.2. The number of unbranched alkanes of at least 4 members (excludes halogenated alkanes) is 38. The van der Waals surface area contributed by atoms with Crippen LogP contribution in [-0.2, 0) is 33.3 Å².